The Morgan fingerprint density at radius 1 is 0.960 bits per heavy atom. The molecule has 3 aromatic carbocycles. The molecule has 0 saturated heterocycles. The quantitative estimate of drug-likeness (QED) is 0.543. The Morgan fingerprint density at radius 3 is 2.68 bits per heavy atom. The van der Waals surface area contributed by atoms with Crippen molar-refractivity contribution in [3.63, 3.8) is 0 Å². The molecule has 3 nitrogen and oxygen atoms in total. The summed E-state index contributed by atoms with van der Waals surface area (Å²) in [7, 11) is 0. The molecule has 0 radical (unpaired) electrons. The lowest BCUT2D eigenvalue weighted by Crippen LogP contribution is -2.09. The van der Waals surface area contributed by atoms with E-state index in [1.807, 2.05) is 18.2 Å². The van der Waals surface area contributed by atoms with Crippen molar-refractivity contribution in [2.45, 2.75) is 13.0 Å². The number of terminal acetylenes is 1. The van der Waals surface area contributed by atoms with Crippen LogP contribution in [0.3, 0.4) is 0 Å². The second-order valence-corrected chi connectivity index (χ2v) is 6.03. The Bertz CT molecular complexity index is 1100. The van der Waals surface area contributed by atoms with Crippen LogP contribution in [0.2, 0.25) is 0 Å². The van der Waals surface area contributed by atoms with Crippen LogP contribution in [0.4, 0.5) is 5.82 Å². The number of nitrogens with zero attached hydrogens (tertiary/aromatic N) is 2. The van der Waals surface area contributed by atoms with E-state index in [0.717, 1.165) is 22.3 Å². The number of nitrogens with one attached hydrogen (secondary N) is 1. The van der Waals surface area contributed by atoms with Crippen molar-refractivity contribution in [3.05, 3.63) is 78.1 Å². The molecule has 4 aromatic rings. The molecular formula is C22H17N3. The van der Waals surface area contributed by atoms with Gasteiger partial charge in [-0.15, -0.1) is 6.42 Å². The summed E-state index contributed by atoms with van der Waals surface area (Å²) in [6, 6.07) is 20.6. The molecule has 0 fully saturated rings. The molecule has 1 atom stereocenters. The summed E-state index contributed by atoms with van der Waals surface area (Å²) >= 11 is 0. The van der Waals surface area contributed by atoms with Crippen LogP contribution in [0.25, 0.3) is 21.7 Å². The summed E-state index contributed by atoms with van der Waals surface area (Å²) in [4.78, 5) is 8.76. The Balaban J connectivity index is 1.77. The second kappa shape index (κ2) is 6.26. The molecule has 0 unspecified atom stereocenters. The first kappa shape index (κ1) is 15.2. The lowest BCUT2D eigenvalue weighted by molar-refractivity contribution is 0.885. The lowest BCUT2D eigenvalue weighted by Gasteiger charge is -2.18. The van der Waals surface area contributed by atoms with Crippen LogP contribution in [0.1, 0.15) is 24.1 Å². The highest BCUT2D eigenvalue weighted by Gasteiger charge is 2.12. The SMILES string of the molecule is C#Cc1ccc2ncnc(N[C@H](C)c3cccc4ccccc34)c2c1. The van der Waals surface area contributed by atoms with Crippen molar-refractivity contribution in [1.29, 1.82) is 0 Å². The standard InChI is InChI=1S/C22H17N3/c1-3-16-11-12-21-20(13-16)22(24-14-23-21)25-15(2)18-10-6-8-17-7-4-5-9-19(17)18/h1,4-15H,2H3,(H,23,24,25)/t15-/m1/s1. The fourth-order valence-corrected chi connectivity index (χ4v) is 3.17. The maximum atomic E-state index is 5.53. The molecule has 1 heterocycles. The molecule has 0 bridgehead atoms. The molecule has 120 valence electrons. The van der Waals surface area contributed by atoms with E-state index in [-0.39, 0.29) is 6.04 Å². The number of rotatable bonds is 3. The summed E-state index contributed by atoms with van der Waals surface area (Å²) in [6.45, 7) is 2.14. The topological polar surface area (TPSA) is 37.8 Å². The zero-order chi connectivity index (χ0) is 17.2. The van der Waals surface area contributed by atoms with E-state index in [1.165, 1.54) is 16.3 Å². The van der Waals surface area contributed by atoms with Crippen molar-refractivity contribution >= 4 is 27.5 Å². The molecular weight excluding hydrogens is 306 g/mol. The van der Waals surface area contributed by atoms with E-state index in [0.29, 0.717) is 0 Å². The Kier molecular flexibility index (Phi) is 3.80. The van der Waals surface area contributed by atoms with Gasteiger partial charge < -0.3 is 5.32 Å². The van der Waals surface area contributed by atoms with Crippen molar-refractivity contribution in [2.75, 3.05) is 5.32 Å². The highest BCUT2D eigenvalue weighted by Crippen LogP contribution is 2.28. The third kappa shape index (κ3) is 2.79. The largest absolute Gasteiger partial charge is 0.363 e. The van der Waals surface area contributed by atoms with Crippen molar-refractivity contribution in [3.8, 4) is 12.3 Å². The number of benzene rings is 3. The van der Waals surface area contributed by atoms with Crippen LogP contribution in [0.15, 0.2) is 67.0 Å². The van der Waals surface area contributed by atoms with E-state index >= 15 is 0 Å². The third-order valence-electron chi connectivity index (χ3n) is 4.45. The third-order valence-corrected chi connectivity index (χ3v) is 4.45. The minimum Gasteiger partial charge on any atom is -0.363 e. The van der Waals surface area contributed by atoms with Crippen LogP contribution in [-0.2, 0) is 0 Å². The number of fused-ring (bicyclic) bond motifs is 2. The van der Waals surface area contributed by atoms with Gasteiger partial charge in [-0.2, -0.15) is 0 Å². The van der Waals surface area contributed by atoms with Gasteiger partial charge in [-0.3, -0.25) is 0 Å². The van der Waals surface area contributed by atoms with Crippen molar-refractivity contribution < 1.29 is 0 Å². The molecule has 0 saturated carbocycles. The van der Waals surface area contributed by atoms with Gasteiger partial charge in [0.1, 0.15) is 12.1 Å². The molecule has 4 rings (SSSR count). The van der Waals surface area contributed by atoms with E-state index in [4.69, 9.17) is 6.42 Å². The predicted octanol–water partition coefficient (Wildman–Crippen LogP) is 4.94. The van der Waals surface area contributed by atoms with Crippen LogP contribution in [0, 0.1) is 12.3 Å². The zero-order valence-corrected chi connectivity index (χ0v) is 13.9. The molecule has 0 amide bonds. The zero-order valence-electron chi connectivity index (χ0n) is 13.9. The molecule has 3 heteroatoms. The van der Waals surface area contributed by atoms with Gasteiger partial charge in [0.05, 0.1) is 11.6 Å². The van der Waals surface area contributed by atoms with Gasteiger partial charge in [-0.1, -0.05) is 48.4 Å². The maximum Gasteiger partial charge on any atom is 0.137 e. The van der Waals surface area contributed by atoms with E-state index in [2.05, 4.69) is 70.6 Å². The van der Waals surface area contributed by atoms with Crippen LogP contribution >= 0.6 is 0 Å². The summed E-state index contributed by atoms with van der Waals surface area (Å²) < 4.78 is 0. The van der Waals surface area contributed by atoms with Gasteiger partial charge in [0.25, 0.3) is 0 Å². The molecule has 25 heavy (non-hydrogen) atoms. The van der Waals surface area contributed by atoms with Crippen molar-refractivity contribution in [2.24, 2.45) is 0 Å². The first-order valence-corrected chi connectivity index (χ1v) is 8.22. The molecule has 0 aliphatic heterocycles. The summed E-state index contributed by atoms with van der Waals surface area (Å²) in [5.74, 6) is 3.47. The first-order valence-electron chi connectivity index (χ1n) is 8.22. The maximum absolute atomic E-state index is 5.53. The van der Waals surface area contributed by atoms with Crippen LogP contribution < -0.4 is 5.32 Å². The van der Waals surface area contributed by atoms with E-state index < -0.39 is 0 Å². The number of hydrogen-bond donors (Lipinski definition) is 1. The van der Waals surface area contributed by atoms with E-state index in [9.17, 15) is 0 Å². The van der Waals surface area contributed by atoms with E-state index in [1.54, 1.807) is 6.33 Å². The number of anilines is 1. The average Bonchev–Trinajstić information content (AvgIpc) is 2.67. The van der Waals surface area contributed by atoms with Crippen LogP contribution in [0.5, 0.6) is 0 Å². The molecule has 0 spiro atoms. The highest BCUT2D eigenvalue weighted by molar-refractivity contribution is 5.91. The van der Waals surface area contributed by atoms with Crippen molar-refractivity contribution in [1.82, 2.24) is 9.97 Å². The second-order valence-electron chi connectivity index (χ2n) is 6.03. The smallest absolute Gasteiger partial charge is 0.137 e. The van der Waals surface area contributed by atoms with Gasteiger partial charge >= 0.3 is 0 Å². The van der Waals surface area contributed by atoms with Crippen LogP contribution in [-0.4, -0.2) is 9.97 Å². The summed E-state index contributed by atoms with van der Waals surface area (Å²) in [6.07, 6.45) is 7.11. The Hall–Kier alpha value is -3.38. The van der Waals surface area contributed by atoms with Gasteiger partial charge in [-0.25, -0.2) is 9.97 Å². The monoisotopic (exact) mass is 323 g/mol. The normalized spacial score (nSPS) is 12.0. The van der Waals surface area contributed by atoms with Gasteiger partial charge in [0.2, 0.25) is 0 Å². The average molecular weight is 323 g/mol. The Morgan fingerprint density at radius 2 is 1.80 bits per heavy atom. The Labute approximate surface area is 146 Å². The first-order chi connectivity index (χ1) is 12.3. The molecule has 0 aliphatic rings. The minimum atomic E-state index is 0.0960. The number of aromatic nitrogens is 2. The lowest BCUT2D eigenvalue weighted by atomic mass is 9.99. The van der Waals surface area contributed by atoms with Gasteiger partial charge in [0, 0.05) is 10.9 Å². The summed E-state index contributed by atoms with van der Waals surface area (Å²) in [5.41, 5.74) is 2.93. The molecule has 1 aromatic heterocycles. The highest BCUT2D eigenvalue weighted by atomic mass is 15.0. The van der Waals surface area contributed by atoms with Gasteiger partial charge in [0.15, 0.2) is 0 Å². The summed E-state index contributed by atoms with van der Waals surface area (Å²) in [5, 5.41) is 6.94. The predicted molar refractivity (Wildman–Crippen MR) is 103 cm³/mol. The fraction of sp³-hybridized carbons (Fsp3) is 0.0909. The molecule has 0 aliphatic carbocycles. The van der Waals surface area contributed by atoms with Gasteiger partial charge in [-0.05, 0) is 41.5 Å². The number of hydrogen-bond acceptors (Lipinski definition) is 3. The molecule has 1 N–H and O–H groups in total. The minimum absolute atomic E-state index is 0.0960. The fourth-order valence-electron chi connectivity index (χ4n) is 3.17.